The van der Waals surface area contributed by atoms with E-state index < -0.39 is 0 Å². The first kappa shape index (κ1) is 26.8. The van der Waals surface area contributed by atoms with Crippen LogP contribution in [0, 0.1) is 0 Å². The van der Waals surface area contributed by atoms with E-state index in [-0.39, 0.29) is 10.8 Å². The third kappa shape index (κ3) is 3.44. The van der Waals surface area contributed by atoms with Gasteiger partial charge in [-0.2, -0.15) is 0 Å². The number of fused-ring (bicyclic) bond motifs is 11. The summed E-state index contributed by atoms with van der Waals surface area (Å²) in [6.45, 7) is 9.46. The molecular weight excluding hydrogens is 567 g/mol. The van der Waals surface area contributed by atoms with Crippen LogP contribution in [0.5, 0.6) is 0 Å². The Balaban J connectivity index is 1.21. The SMILES string of the molecule is CC1(C)c2ccccc2-c2cc3c4c5ccccc5ccc4n(-c4ccc(-c5cccc6c5-c5ccccc5C6(C)C)cc4)c3cc21. The van der Waals surface area contributed by atoms with Crippen molar-refractivity contribution < 1.29 is 0 Å². The molecule has 0 saturated heterocycles. The maximum absolute atomic E-state index is 2.49. The lowest BCUT2D eigenvalue weighted by molar-refractivity contribution is 0.660. The second-order valence-electron chi connectivity index (χ2n) is 14.5. The van der Waals surface area contributed by atoms with Crippen molar-refractivity contribution in [3.8, 4) is 39.1 Å². The van der Waals surface area contributed by atoms with Crippen LogP contribution in [0.4, 0.5) is 0 Å². The molecule has 224 valence electrons. The highest BCUT2D eigenvalue weighted by Gasteiger charge is 2.37. The zero-order valence-corrected chi connectivity index (χ0v) is 27.2. The maximum Gasteiger partial charge on any atom is 0.0547 e. The predicted octanol–water partition coefficient (Wildman–Crippen LogP) is 12.2. The van der Waals surface area contributed by atoms with Crippen LogP contribution >= 0.6 is 0 Å². The van der Waals surface area contributed by atoms with Gasteiger partial charge in [0, 0.05) is 27.3 Å². The second-order valence-corrected chi connectivity index (χ2v) is 14.5. The van der Waals surface area contributed by atoms with E-state index in [2.05, 4.69) is 172 Å². The van der Waals surface area contributed by atoms with Crippen molar-refractivity contribution in [2.24, 2.45) is 0 Å². The number of hydrogen-bond donors (Lipinski definition) is 0. The van der Waals surface area contributed by atoms with Gasteiger partial charge in [-0.05, 0) is 96.7 Å². The van der Waals surface area contributed by atoms with E-state index >= 15 is 0 Å². The summed E-state index contributed by atoms with van der Waals surface area (Å²) in [5, 5.41) is 5.22. The maximum atomic E-state index is 2.49. The van der Waals surface area contributed by atoms with Gasteiger partial charge < -0.3 is 4.57 Å². The first-order chi connectivity index (χ1) is 22.8. The Hall–Kier alpha value is -5.40. The van der Waals surface area contributed by atoms with Gasteiger partial charge in [-0.25, -0.2) is 0 Å². The second kappa shape index (κ2) is 9.11. The van der Waals surface area contributed by atoms with Crippen molar-refractivity contribution >= 4 is 32.6 Å². The largest absolute Gasteiger partial charge is 0.309 e. The lowest BCUT2D eigenvalue weighted by atomic mass is 9.82. The molecule has 2 aliphatic carbocycles. The summed E-state index contributed by atoms with van der Waals surface area (Å²) < 4.78 is 2.49. The average Bonchev–Trinajstić information content (AvgIpc) is 3.64. The van der Waals surface area contributed by atoms with Gasteiger partial charge in [0.25, 0.3) is 0 Å². The normalized spacial score (nSPS) is 15.1. The van der Waals surface area contributed by atoms with Crippen molar-refractivity contribution in [1.29, 1.82) is 0 Å². The zero-order valence-electron chi connectivity index (χ0n) is 27.2. The molecule has 0 unspecified atom stereocenters. The molecule has 0 spiro atoms. The smallest absolute Gasteiger partial charge is 0.0547 e. The molecular formula is C46H35N. The number of rotatable bonds is 2. The summed E-state index contributed by atoms with van der Waals surface area (Å²) in [5.41, 5.74) is 17.3. The van der Waals surface area contributed by atoms with Gasteiger partial charge in [-0.3, -0.25) is 0 Å². The summed E-state index contributed by atoms with van der Waals surface area (Å²) in [6.07, 6.45) is 0. The molecule has 2 aliphatic rings. The minimum absolute atomic E-state index is 0.0126. The molecule has 0 bridgehead atoms. The van der Waals surface area contributed by atoms with E-state index in [1.165, 1.54) is 93.9 Å². The summed E-state index contributed by atoms with van der Waals surface area (Å²) in [6, 6.07) is 52.4. The summed E-state index contributed by atoms with van der Waals surface area (Å²) in [5.74, 6) is 0. The topological polar surface area (TPSA) is 4.93 Å². The highest BCUT2D eigenvalue weighted by Crippen LogP contribution is 2.53. The Morgan fingerprint density at radius 2 is 1.06 bits per heavy atom. The fraction of sp³-hybridized carbons (Fsp3) is 0.130. The number of aromatic nitrogens is 1. The highest BCUT2D eigenvalue weighted by molar-refractivity contribution is 6.22. The van der Waals surface area contributed by atoms with Crippen molar-refractivity contribution in [3.63, 3.8) is 0 Å². The molecule has 0 amide bonds. The first-order valence-electron chi connectivity index (χ1n) is 16.8. The summed E-state index contributed by atoms with van der Waals surface area (Å²) in [4.78, 5) is 0. The van der Waals surface area contributed by atoms with Crippen LogP contribution in [0.3, 0.4) is 0 Å². The standard InChI is InChI=1S/C46H35N/c1-45(2)38-18-10-8-15-34(38)43-31(16-11-19-39(43)45)29-20-23-30(24-21-29)47-41-25-22-28-12-5-6-13-32(28)44(41)36-26-35-33-14-7-9-17-37(33)46(3,4)40(35)27-42(36)47/h5-27H,1-4H3. The molecule has 10 rings (SSSR count). The van der Waals surface area contributed by atoms with E-state index in [0.29, 0.717) is 0 Å². The number of nitrogens with zero attached hydrogens (tertiary/aromatic N) is 1. The Kier molecular flexibility index (Phi) is 5.19. The molecule has 0 radical (unpaired) electrons. The number of benzene rings is 7. The quantitative estimate of drug-likeness (QED) is 0.186. The van der Waals surface area contributed by atoms with Crippen LogP contribution in [0.25, 0.3) is 71.6 Å². The molecule has 1 nitrogen and oxygen atoms in total. The average molecular weight is 602 g/mol. The number of hydrogen-bond acceptors (Lipinski definition) is 0. The van der Waals surface area contributed by atoms with E-state index in [0.717, 1.165) is 0 Å². The molecule has 47 heavy (non-hydrogen) atoms. The van der Waals surface area contributed by atoms with Crippen LogP contribution in [0.1, 0.15) is 49.9 Å². The first-order valence-corrected chi connectivity index (χ1v) is 16.8. The minimum Gasteiger partial charge on any atom is -0.309 e. The Morgan fingerprint density at radius 1 is 0.426 bits per heavy atom. The molecule has 0 fully saturated rings. The Bertz CT molecular complexity index is 2610. The third-order valence-corrected chi connectivity index (χ3v) is 11.4. The molecule has 1 heterocycles. The van der Waals surface area contributed by atoms with Crippen LogP contribution < -0.4 is 0 Å². The fourth-order valence-corrected chi connectivity index (χ4v) is 9.04. The molecule has 7 aromatic carbocycles. The molecule has 1 aromatic heterocycles. The van der Waals surface area contributed by atoms with Gasteiger partial charge in [0.2, 0.25) is 0 Å². The van der Waals surface area contributed by atoms with Crippen molar-refractivity contribution in [2.45, 2.75) is 38.5 Å². The van der Waals surface area contributed by atoms with E-state index in [1.807, 2.05) is 0 Å². The third-order valence-electron chi connectivity index (χ3n) is 11.4. The van der Waals surface area contributed by atoms with Gasteiger partial charge in [0.05, 0.1) is 11.0 Å². The van der Waals surface area contributed by atoms with Crippen molar-refractivity contribution in [1.82, 2.24) is 4.57 Å². The zero-order chi connectivity index (χ0) is 31.7. The molecule has 1 heteroatoms. The monoisotopic (exact) mass is 601 g/mol. The minimum atomic E-state index is -0.0644. The highest BCUT2D eigenvalue weighted by atomic mass is 15.0. The molecule has 0 aliphatic heterocycles. The summed E-state index contributed by atoms with van der Waals surface area (Å²) >= 11 is 0. The van der Waals surface area contributed by atoms with E-state index in [1.54, 1.807) is 0 Å². The van der Waals surface area contributed by atoms with Crippen LogP contribution in [-0.4, -0.2) is 4.57 Å². The summed E-state index contributed by atoms with van der Waals surface area (Å²) in [7, 11) is 0. The van der Waals surface area contributed by atoms with Crippen LogP contribution in [0.15, 0.2) is 140 Å². The van der Waals surface area contributed by atoms with Crippen molar-refractivity contribution in [2.75, 3.05) is 0 Å². The van der Waals surface area contributed by atoms with Crippen molar-refractivity contribution in [3.05, 3.63) is 162 Å². The van der Waals surface area contributed by atoms with E-state index in [4.69, 9.17) is 0 Å². The van der Waals surface area contributed by atoms with E-state index in [9.17, 15) is 0 Å². The Morgan fingerprint density at radius 3 is 1.87 bits per heavy atom. The van der Waals surface area contributed by atoms with Gasteiger partial charge in [-0.1, -0.05) is 137 Å². The van der Waals surface area contributed by atoms with Gasteiger partial charge in [0.15, 0.2) is 0 Å². The lowest BCUT2D eigenvalue weighted by Gasteiger charge is -2.22. The molecule has 0 saturated carbocycles. The van der Waals surface area contributed by atoms with Gasteiger partial charge >= 0.3 is 0 Å². The van der Waals surface area contributed by atoms with Gasteiger partial charge in [-0.15, -0.1) is 0 Å². The fourth-order valence-electron chi connectivity index (χ4n) is 9.04. The van der Waals surface area contributed by atoms with Crippen LogP contribution in [-0.2, 0) is 10.8 Å². The predicted molar refractivity (Wildman–Crippen MR) is 199 cm³/mol. The lowest BCUT2D eigenvalue weighted by Crippen LogP contribution is -2.14. The molecule has 0 N–H and O–H groups in total. The van der Waals surface area contributed by atoms with Gasteiger partial charge in [0.1, 0.15) is 0 Å². The van der Waals surface area contributed by atoms with Crippen LogP contribution in [0.2, 0.25) is 0 Å². The molecule has 0 atom stereocenters. The molecule has 8 aromatic rings. The Labute approximate surface area is 275 Å².